The Morgan fingerprint density at radius 3 is 2.90 bits per heavy atom. The molecule has 1 saturated carbocycles. The SMILES string of the molecule is CC(C)NC(=O)OC1CCC(c2cc(Nc3ccc(-c4cocn4)cn3)n[nH]2)C1. The van der Waals surface area contributed by atoms with Gasteiger partial charge in [0, 0.05) is 35.5 Å². The molecule has 1 amide bonds. The number of alkyl carbamates (subject to hydrolysis) is 1. The van der Waals surface area contributed by atoms with Gasteiger partial charge in [-0.2, -0.15) is 5.10 Å². The molecule has 152 valence electrons. The third-order valence-electron chi connectivity index (χ3n) is 4.85. The normalized spacial score (nSPS) is 18.7. The van der Waals surface area contributed by atoms with Gasteiger partial charge in [0.2, 0.25) is 0 Å². The fraction of sp³-hybridized carbons (Fsp3) is 0.400. The number of ether oxygens (including phenoxy) is 1. The number of anilines is 2. The fourth-order valence-corrected chi connectivity index (χ4v) is 3.47. The van der Waals surface area contributed by atoms with Gasteiger partial charge < -0.3 is 19.8 Å². The molecule has 2 atom stereocenters. The number of carbonyl (C=O) groups excluding carboxylic acids is 1. The molecule has 4 rings (SSSR count). The van der Waals surface area contributed by atoms with Crippen molar-refractivity contribution in [1.29, 1.82) is 0 Å². The molecule has 3 N–H and O–H groups in total. The maximum atomic E-state index is 11.8. The van der Waals surface area contributed by atoms with Crippen molar-refractivity contribution in [2.45, 2.75) is 51.2 Å². The summed E-state index contributed by atoms with van der Waals surface area (Å²) in [6.45, 7) is 3.82. The summed E-state index contributed by atoms with van der Waals surface area (Å²) in [5.74, 6) is 1.68. The van der Waals surface area contributed by atoms with E-state index in [4.69, 9.17) is 9.15 Å². The van der Waals surface area contributed by atoms with Crippen LogP contribution >= 0.6 is 0 Å². The Kier molecular flexibility index (Phi) is 5.46. The van der Waals surface area contributed by atoms with Crippen LogP contribution in [0.1, 0.15) is 44.7 Å². The number of oxazole rings is 1. The number of H-pyrrole nitrogens is 1. The van der Waals surface area contributed by atoms with Gasteiger partial charge in [0.05, 0.1) is 0 Å². The average molecular weight is 396 g/mol. The molecule has 0 saturated heterocycles. The van der Waals surface area contributed by atoms with E-state index in [2.05, 4.69) is 30.8 Å². The average Bonchev–Trinajstić information content (AvgIpc) is 3.43. The number of carbonyl (C=O) groups is 1. The molecule has 2 unspecified atom stereocenters. The van der Waals surface area contributed by atoms with Crippen LogP contribution in [-0.2, 0) is 4.74 Å². The van der Waals surface area contributed by atoms with Crippen molar-refractivity contribution in [2.24, 2.45) is 0 Å². The quantitative estimate of drug-likeness (QED) is 0.577. The van der Waals surface area contributed by atoms with Crippen LogP contribution < -0.4 is 10.6 Å². The first-order valence-corrected chi connectivity index (χ1v) is 9.71. The zero-order valence-corrected chi connectivity index (χ0v) is 16.4. The van der Waals surface area contributed by atoms with Gasteiger partial charge in [-0.05, 0) is 45.2 Å². The van der Waals surface area contributed by atoms with Gasteiger partial charge in [-0.15, -0.1) is 0 Å². The summed E-state index contributed by atoms with van der Waals surface area (Å²) >= 11 is 0. The number of pyridine rings is 1. The van der Waals surface area contributed by atoms with E-state index in [-0.39, 0.29) is 24.2 Å². The predicted molar refractivity (Wildman–Crippen MR) is 107 cm³/mol. The number of aromatic nitrogens is 4. The highest BCUT2D eigenvalue weighted by Gasteiger charge is 2.30. The minimum absolute atomic E-state index is 0.0656. The van der Waals surface area contributed by atoms with Gasteiger partial charge >= 0.3 is 6.09 Å². The summed E-state index contributed by atoms with van der Waals surface area (Å²) in [6.07, 6.45) is 6.88. The Morgan fingerprint density at radius 2 is 2.17 bits per heavy atom. The van der Waals surface area contributed by atoms with Gasteiger partial charge in [0.1, 0.15) is 23.9 Å². The lowest BCUT2D eigenvalue weighted by Crippen LogP contribution is -2.33. The Bertz CT molecular complexity index is 936. The topological polar surface area (TPSA) is 118 Å². The van der Waals surface area contributed by atoms with E-state index in [9.17, 15) is 4.79 Å². The molecule has 1 aliphatic rings. The Balaban J connectivity index is 1.32. The third-order valence-corrected chi connectivity index (χ3v) is 4.85. The van der Waals surface area contributed by atoms with Crippen LogP contribution in [0.4, 0.5) is 16.4 Å². The molecule has 29 heavy (non-hydrogen) atoms. The molecule has 0 aromatic carbocycles. The molecule has 9 nitrogen and oxygen atoms in total. The summed E-state index contributed by atoms with van der Waals surface area (Å²) < 4.78 is 10.5. The zero-order valence-electron chi connectivity index (χ0n) is 16.4. The largest absolute Gasteiger partial charge is 0.451 e. The maximum absolute atomic E-state index is 11.8. The van der Waals surface area contributed by atoms with E-state index in [1.165, 1.54) is 6.39 Å². The number of rotatable bonds is 6. The van der Waals surface area contributed by atoms with Crippen LogP contribution in [0, 0.1) is 0 Å². The van der Waals surface area contributed by atoms with Crippen LogP contribution in [0.2, 0.25) is 0 Å². The summed E-state index contributed by atoms with van der Waals surface area (Å²) in [7, 11) is 0. The van der Waals surface area contributed by atoms with Crippen LogP contribution in [0.15, 0.2) is 41.5 Å². The van der Waals surface area contributed by atoms with E-state index in [1.54, 1.807) is 12.5 Å². The summed E-state index contributed by atoms with van der Waals surface area (Å²) in [5.41, 5.74) is 2.65. The molecule has 0 spiro atoms. The number of amides is 1. The Morgan fingerprint density at radius 1 is 1.28 bits per heavy atom. The first-order chi connectivity index (χ1) is 14.1. The number of hydrogen-bond donors (Lipinski definition) is 3. The third kappa shape index (κ3) is 4.74. The lowest BCUT2D eigenvalue weighted by Gasteiger charge is -2.14. The van der Waals surface area contributed by atoms with Crippen molar-refractivity contribution in [1.82, 2.24) is 25.5 Å². The van der Waals surface area contributed by atoms with Crippen LogP contribution in [0.25, 0.3) is 11.3 Å². The Hall–Kier alpha value is -3.36. The fourth-order valence-electron chi connectivity index (χ4n) is 3.47. The van der Waals surface area contributed by atoms with Gasteiger partial charge in [-0.3, -0.25) is 5.10 Å². The highest BCUT2D eigenvalue weighted by molar-refractivity contribution is 5.67. The number of nitrogens with zero attached hydrogens (tertiary/aromatic N) is 3. The lowest BCUT2D eigenvalue weighted by atomic mass is 10.0. The van der Waals surface area contributed by atoms with Crippen molar-refractivity contribution < 1.29 is 13.9 Å². The van der Waals surface area contributed by atoms with Gasteiger partial charge in [-0.1, -0.05) is 0 Å². The number of nitrogens with one attached hydrogen (secondary N) is 3. The smallest absolute Gasteiger partial charge is 0.407 e. The summed E-state index contributed by atoms with van der Waals surface area (Å²) in [5, 5.41) is 13.4. The summed E-state index contributed by atoms with van der Waals surface area (Å²) in [4.78, 5) is 20.3. The highest BCUT2D eigenvalue weighted by atomic mass is 16.6. The van der Waals surface area contributed by atoms with Crippen molar-refractivity contribution in [3.05, 3.63) is 42.7 Å². The standard InChI is InChI=1S/C20H24N6O3/c1-12(2)23-20(27)29-15-5-3-13(7-15)16-8-19(26-25-16)24-18-6-4-14(9-21-18)17-10-28-11-22-17/h4,6,8-13,15H,3,5,7H2,1-2H3,(H,23,27)(H2,21,24,25,26). The second kappa shape index (κ2) is 8.34. The minimum atomic E-state index is -0.349. The Labute approximate surface area is 168 Å². The van der Waals surface area contributed by atoms with Crippen LogP contribution in [0.3, 0.4) is 0 Å². The zero-order chi connectivity index (χ0) is 20.2. The second-order valence-electron chi connectivity index (χ2n) is 7.48. The molecular formula is C20H24N6O3. The van der Waals surface area contributed by atoms with Crippen LogP contribution in [-0.4, -0.2) is 38.4 Å². The van der Waals surface area contributed by atoms with Gasteiger partial charge in [-0.25, -0.2) is 14.8 Å². The minimum Gasteiger partial charge on any atom is -0.451 e. The molecule has 3 aromatic heterocycles. The van der Waals surface area contributed by atoms with E-state index in [0.717, 1.165) is 36.2 Å². The molecule has 3 aromatic rings. The van der Waals surface area contributed by atoms with Gasteiger partial charge in [0.15, 0.2) is 12.2 Å². The second-order valence-corrected chi connectivity index (χ2v) is 7.48. The monoisotopic (exact) mass is 396 g/mol. The molecular weight excluding hydrogens is 372 g/mol. The van der Waals surface area contributed by atoms with E-state index >= 15 is 0 Å². The van der Waals surface area contributed by atoms with E-state index < -0.39 is 0 Å². The maximum Gasteiger partial charge on any atom is 0.407 e. The molecule has 0 bridgehead atoms. The molecule has 0 aliphatic heterocycles. The van der Waals surface area contributed by atoms with E-state index in [1.807, 2.05) is 32.0 Å². The van der Waals surface area contributed by atoms with Gasteiger partial charge in [0.25, 0.3) is 0 Å². The molecule has 1 fully saturated rings. The van der Waals surface area contributed by atoms with Crippen molar-refractivity contribution in [3.8, 4) is 11.3 Å². The number of aromatic amines is 1. The van der Waals surface area contributed by atoms with Crippen molar-refractivity contribution in [3.63, 3.8) is 0 Å². The first kappa shape index (κ1) is 19.0. The van der Waals surface area contributed by atoms with Crippen molar-refractivity contribution in [2.75, 3.05) is 5.32 Å². The molecule has 1 aliphatic carbocycles. The summed E-state index contributed by atoms with van der Waals surface area (Å²) in [6, 6.07) is 5.83. The highest BCUT2D eigenvalue weighted by Crippen LogP contribution is 2.36. The van der Waals surface area contributed by atoms with E-state index in [0.29, 0.717) is 11.6 Å². The number of hydrogen-bond acceptors (Lipinski definition) is 7. The molecule has 0 radical (unpaired) electrons. The molecule has 9 heteroatoms. The molecule has 3 heterocycles. The van der Waals surface area contributed by atoms with Crippen molar-refractivity contribution >= 4 is 17.7 Å². The van der Waals surface area contributed by atoms with Crippen LogP contribution in [0.5, 0.6) is 0 Å². The lowest BCUT2D eigenvalue weighted by molar-refractivity contribution is 0.0981. The predicted octanol–water partition coefficient (Wildman–Crippen LogP) is 3.97. The first-order valence-electron chi connectivity index (χ1n) is 9.71.